The molecule has 1 aromatic heterocycles. The summed E-state index contributed by atoms with van der Waals surface area (Å²) >= 11 is 6.55. The summed E-state index contributed by atoms with van der Waals surface area (Å²) in [6.07, 6.45) is 1.54. The fraction of sp³-hybridized carbons (Fsp3) is 0.400. The molecule has 1 rings (SSSR count). The van der Waals surface area contributed by atoms with Crippen LogP contribution in [0.1, 0.15) is 31.1 Å². The van der Waals surface area contributed by atoms with Crippen molar-refractivity contribution in [2.75, 3.05) is 0 Å². The van der Waals surface area contributed by atoms with Gasteiger partial charge in [0.25, 0.3) is 5.91 Å². The number of pyridine rings is 1. The van der Waals surface area contributed by atoms with Gasteiger partial charge in [0, 0.05) is 11.7 Å². The number of hydrogen-bond acceptors (Lipinski definition) is 2. The third-order valence-electron chi connectivity index (χ3n) is 1.55. The molecule has 15 heavy (non-hydrogen) atoms. The molecule has 0 unspecified atom stereocenters. The van der Waals surface area contributed by atoms with Crippen LogP contribution < -0.4 is 5.32 Å². The minimum absolute atomic E-state index is 0.122. The van der Waals surface area contributed by atoms with Crippen molar-refractivity contribution in [2.45, 2.75) is 26.3 Å². The van der Waals surface area contributed by atoms with E-state index in [1.807, 2.05) is 20.8 Å². The standard InChI is InChI=1S/C10H12Br2N2O/c1-10(2,3)14-9(15)6-4-7(11)8(12)13-5-6/h4-5H,1-3H3,(H,14,15). The van der Waals surface area contributed by atoms with Crippen molar-refractivity contribution in [1.29, 1.82) is 0 Å². The highest BCUT2D eigenvalue weighted by Crippen LogP contribution is 2.21. The number of carbonyl (C=O) groups excluding carboxylic acids is 1. The Morgan fingerprint density at radius 1 is 1.40 bits per heavy atom. The van der Waals surface area contributed by atoms with Crippen LogP contribution in [0.2, 0.25) is 0 Å². The highest BCUT2D eigenvalue weighted by molar-refractivity contribution is 9.13. The highest BCUT2D eigenvalue weighted by atomic mass is 79.9. The lowest BCUT2D eigenvalue weighted by Gasteiger charge is -2.20. The molecule has 0 fully saturated rings. The molecule has 0 atom stereocenters. The van der Waals surface area contributed by atoms with E-state index in [0.717, 1.165) is 4.47 Å². The smallest absolute Gasteiger partial charge is 0.253 e. The van der Waals surface area contributed by atoms with Crippen molar-refractivity contribution in [3.63, 3.8) is 0 Å². The van der Waals surface area contributed by atoms with Gasteiger partial charge in [-0.1, -0.05) is 0 Å². The van der Waals surface area contributed by atoms with Gasteiger partial charge in [0.1, 0.15) is 4.60 Å². The summed E-state index contributed by atoms with van der Waals surface area (Å²) in [5.41, 5.74) is 0.302. The molecule has 3 nitrogen and oxygen atoms in total. The van der Waals surface area contributed by atoms with Gasteiger partial charge in [-0.25, -0.2) is 4.98 Å². The number of nitrogens with zero attached hydrogens (tertiary/aromatic N) is 1. The van der Waals surface area contributed by atoms with Gasteiger partial charge in [0.2, 0.25) is 0 Å². The largest absolute Gasteiger partial charge is 0.347 e. The Morgan fingerprint density at radius 3 is 2.47 bits per heavy atom. The van der Waals surface area contributed by atoms with Crippen LogP contribution in [0.25, 0.3) is 0 Å². The first kappa shape index (κ1) is 12.6. The summed E-state index contributed by atoms with van der Waals surface area (Å²) in [7, 11) is 0. The fourth-order valence-electron chi connectivity index (χ4n) is 0.958. The zero-order chi connectivity index (χ0) is 11.6. The van der Waals surface area contributed by atoms with E-state index in [1.165, 1.54) is 6.20 Å². The van der Waals surface area contributed by atoms with E-state index in [9.17, 15) is 4.79 Å². The van der Waals surface area contributed by atoms with E-state index >= 15 is 0 Å². The molecule has 5 heteroatoms. The zero-order valence-electron chi connectivity index (χ0n) is 8.77. The fourth-order valence-corrected chi connectivity index (χ4v) is 1.52. The first-order valence-electron chi connectivity index (χ1n) is 4.43. The van der Waals surface area contributed by atoms with Gasteiger partial charge in [-0.05, 0) is 58.7 Å². The van der Waals surface area contributed by atoms with Crippen LogP contribution in [0.15, 0.2) is 21.3 Å². The van der Waals surface area contributed by atoms with Crippen LogP contribution in [-0.2, 0) is 0 Å². The molecule has 1 N–H and O–H groups in total. The second kappa shape index (κ2) is 4.61. The Bertz CT molecular complexity index is 385. The average Bonchev–Trinajstić information content (AvgIpc) is 2.06. The highest BCUT2D eigenvalue weighted by Gasteiger charge is 2.16. The maximum absolute atomic E-state index is 11.7. The lowest BCUT2D eigenvalue weighted by atomic mass is 10.1. The summed E-state index contributed by atoms with van der Waals surface area (Å²) in [6, 6.07) is 1.73. The second-order valence-corrected chi connectivity index (χ2v) is 5.81. The van der Waals surface area contributed by atoms with Gasteiger partial charge in [0.15, 0.2) is 0 Å². The predicted octanol–water partition coefficient (Wildman–Crippen LogP) is 3.13. The van der Waals surface area contributed by atoms with Crippen LogP contribution in [0.5, 0.6) is 0 Å². The van der Waals surface area contributed by atoms with Crippen molar-refractivity contribution >= 4 is 37.8 Å². The quantitative estimate of drug-likeness (QED) is 0.801. The molecule has 0 aliphatic rings. The Morgan fingerprint density at radius 2 is 2.00 bits per heavy atom. The molecule has 82 valence electrons. The number of amides is 1. The van der Waals surface area contributed by atoms with E-state index < -0.39 is 0 Å². The number of nitrogens with one attached hydrogen (secondary N) is 1. The minimum atomic E-state index is -0.239. The molecule has 0 radical (unpaired) electrons. The molecule has 0 bridgehead atoms. The number of hydrogen-bond donors (Lipinski definition) is 1. The molecule has 0 saturated carbocycles. The lowest BCUT2D eigenvalue weighted by Crippen LogP contribution is -2.40. The molecule has 1 heterocycles. The van der Waals surface area contributed by atoms with E-state index in [4.69, 9.17) is 0 Å². The molecule has 1 aromatic rings. The lowest BCUT2D eigenvalue weighted by molar-refractivity contribution is 0.0919. The number of carbonyl (C=O) groups is 1. The Hall–Kier alpha value is -0.420. The number of aromatic nitrogens is 1. The maximum Gasteiger partial charge on any atom is 0.253 e. The monoisotopic (exact) mass is 334 g/mol. The van der Waals surface area contributed by atoms with Crippen LogP contribution >= 0.6 is 31.9 Å². The second-order valence-electron chi connectivity index (χ2n) is 4.20. The summed E-state index contributed by atoms with van der Waals surface area (Å²) < 4.78 is 1.46. The van der Waals surface area contributed by atoms with E-state index in [-0.39, 0.29) is 11.4 Å². The van der Waals surface area contributed by atoms with Crippen molar-refractivity contribution in [3.8, 4) is 0 Å². The summed E-state index contributed by atoms with van der Waals surface area (Å²) in [6.45, 7) is 5.81. The normalized spacial score (nSPS) is 11.3. The topological polar surface area (TPSA) is 42.0 Å². The minimum Gasteiger partial charge on any atom is -0.347 e. The molecule has 0 aromatic carbocycles. The van der Waals surface area contributed by atoms with E-state index in [1.54, 1.807) is 6.07 Å². The molecule has 0 saturated heterocycles. The SMILES string of the molecule is CC(C)(C)NC(=O)c1cnc(Br)c(Br)c1. The molecule has 1 amide bonds. The zero-order valence-corrected chi connectivity index (χ0v) is 11.9. The van der Waals surface area contributed by atoms with Crippen molar-refractivity contribution < 1.29 is 4.79 Å². The van der Waals surface area contributed by atoms with Crippen molar-refractivity contribution in [1.82, 2.24) is 10.3 Å². The predicted molar refractivity (Wildman–Crippen MR) is 66.9 cm³/mol. The molecule has 0 aliphatic heterocycles. The van der Waals surface area contributed by atoms with Crippen LogP contribution in [0, 0.1) is 0 Å². The molecule has 0 spiro atoms. The van der Waals surface area contributed by atoms with E-state index in [0.29, 0.717) is 10.2 Å². The van der Waals surface area contributed by atoms with Gasteiger partial charge in [-0.2, -0.15) is 0 Å². The van der Waals surface area contributed by atoms with Gasteiger partial charge in [-0.3, -0.25) is 4.79 Å². The third-order valence-corrected chi connectivity index (χ3v) is 3.32. The molecular formula is C10H12Br2N2O. The number of rotatable bonds is 1. The Labute approximate surface area is 106 Å². The maximum atomic E-state index is 11.7. The number of halogens is 2. The summed E-state index contributed by atoms with van der Waals surface area (Å²) in [4.78, 5) is 15.8. The summed E-state index contributed by atoms with van der Waals surface area (Å²) in [5, 5.41) is 2.87. The molecular weight excluding hydrogens is 324 g/mol. The van der Waals surface area contributed by atoms with Gasteiger partial charge in [-0.15, -0.1) is 0 Å². The first-order chi connectivity index (χ1) is 6.79. The molecule has 0 aliphatic carbocycles. The van der Waals surface area contributed by atoms with Gasteiger partial charge in [0.05, 0.1) is 10.0 Å². The third kappa shape index (κ3) is 3.91. The average molecular weight is 336 g/mol. The van der Waals surface area contributed by atoms with Crippen LogP contribution in [-0.4, -0.2) is 16.4 Å². The van der Waals surface area contributed by atoms with Gasteiger partial charge >= 0.3 is 0 Å². The van der Waals surface area contributed by atoms with Crippen LogP contribution in [0.4, 0.5) is 0 Å². The Kier molecular flexibility index (Phi) is 3.89. The Balaban J connectivity index is 2.88. The summed E-state index contributed by atoms with van der Waals surface area (Å²) in [5.74, 6) is -0.122. The van der Waals surface area contributed by atoms with Crippen molar-refractivity contribution in [2.24, 2.45) is 0 Å². The van der Waals surface area contributed by atoms with E-state index in [2.05, 4.69) is 42.2 Å². The first-order valence-corrected chi connectivity index (χ1v) is 6.02. The van der Waals surface area contributed by atoms with Gasteiger partial charge < -0.3 is 5.32 Å². The van der Waals surface area contributed by atoms with Crippen molar-refractivity contribution in [3.05, 3.63) is 26.9 Å². The van der Waals surface area contributed by atoms with Crippen LogP contribution in [0.3, 0.4) is 0 Å².